The number of benzene rings is 2. The minimum absolute atomic E-state index is 0.175. The van der Waals surface area contributed by atoms with E-state index in [1.807, 2.05) is 36.4 Å². The Labute approximate surface area is 181 Å². The Morgan fingerprint density at radius 3 is 2.67 bits per heavy atom. The molecule has 2 aliphatic rings. The summed E-state index contributed by atoms with van der Waals surface area (Å²) in [6.45, 7) is 5.03. The lowest BCUT2D eigenvalue weighted by atomic mass is 10.1. The van der Waals surface area contributed by atoms with Gasteiger partial charge in [0, 0.05) is 40.2 Å². The van der Waals surface area contributed by atoms with Gasteiger partial charge in [0.2, 0.25) is 0 Å². The summed E-state index contributed by atoms with van der Waals surface area (Å²) in [4.78, 5) is 17.6. The number of rotatable bonds is 6. The molecule has 30 heavy (non-hydrogen) atoms. The van der Waals surface area contributed by atoms with E-state index in [1.54, 1.807) is 17.5 Å². The number of hydrogen-bond donors (Lipinski definition) is 2. The van der Waals surface area contributed by atoms with Gasteiger partial charge < -0.3 is 10.6 Å². The van der Waals surface area contributed by atoms with Crippen LogP contribution in [0.3, 0.4) is 0 Å². The molecule has 2 aromatic carbocycles. The number of nitrogens with one attached hydrogen (secondary N) is 2. The standard InChI is InChI=1S/C25H23N3OS/c1-16(2)26-14-19-8-4-11-22-21-10-5-9-20(13-23(21)28-24(19)22)27-25(29)18-7-3-6-17(12-18)15-30/h3-13,15-16,26H,14H2,1-2H3,(H,27,29). The van der Waals surface area contributed by atoms with E-state index in [4.69, 9.17) is 17.2 Å². The van der Waals surface area contributed by atoms with Gasteiger partial charge in [0.25, 0.3) is 5.91 Å². The zero-order valence-corrected chi connectivity index (χ0v) is 17.8. The molecule has 1 aliphatic heterocycles. The number of anilines is 1. The van der Waals surface area contributed by atoms with Crippen molar-refractivity contribution in [1.29, 1.82) is 0 Å². The molecule has 1 amide bonds. The van der Waals surface area contributed by atoms with E-state index in [0.29, 0.717) is 17.3 Å². The number of para-hydroxylation sites is 1. The average Bonchev–Trinajstić information content (AvgIpc) is 2.97. The molecule has 1 heterocycles. The van der Waals surface area contributed by atoms with E-state index in [-0.39, 0.29) is 5.91 Å². The molecule has 0 fully saturated rings. The molecular formula is C25H23N3OS. The maximum absolute atomic E-state index is 12.7. The van der Waals surface area contributed by atoms with Crippen LogP contribution in [0.4, 0.5) is 5.69 Å². The maximum atomic E-state index is 12.7. The van der Waals surface area contributed by atoms with Crippen LogP contribution in [0.2, 0.25) is 0 Å². The Hall–Kier alpha value is -3.15. The van der Waals surface area contributed by atoms with E-state index in [1.165, 1.54) is 5.56 Å². The van der Waals surface area contributed by atoms with Crippen molar-refractivity contribution in [2.75, 3.05) is 5.32 Å². The van der Waals surface area contributed by atoms with Gasteiger partial charge in [-0.05, 0) is 35.4 Å². The average molecular weight is 414 g/mol. The number of carbonyl (C=O) groups is 1. The Morgan fingerprint density at radius 1 is 1.07 bits per heavy atom. The van der Waals surface area contributed by atoms with E-state index in [9.17, 15) is 4.79 Å². The van der Waals surface area contributed by atoms with Gasteiger partial charge in [0.15, 0.2) is 0 Å². The predicted molar refractivity (Wildman–Crippen MR) is 127 cm³/mol. The summed E-state index contributed by atoms with van der Waals surface area (Å²) in [5, 5.41) is 9.13. The Balaban J connectivity index is 1.68. The van der Waals surface area contributed by atoms with Crippen molar-refractivity contribution in [3.05, 3.63) is 83.4 Å². The Bertz CT molecular complexity index is 1200. The molecule has 0 spiro atoms. The lowest BCUT2D eigenvalue weighted by Crippen LogP contribution is -2.21. The predicted octanol–water partition coefficient (Wildman–Crippen LogP) is 5.44. The minimum Gasteiger partial charge on any atom is -0.322 e. The number of aromatic nitrogens is 1. The second-order valence-electron chi connectivity index (χ2n) is 7.58. The van der Waals surface area contributed by atoms with Crippen molar-refractivity contribution >= 4 is 40.1 Å². The van der Waals surface area contributed by atoms with Crippen molar-refractivity contribution in [2.45, 2.75) is 26.4 Å². The summed E-state index contributed by atoms with van der Waals surface area (Å²) in [5.41, 5.74) is 6.20. The molecule has 0 saturated carbocycles. The topological polar surface area (TPSA) is 54.0 Å². The Morgan fingerprint density at radius 2 is 1.87 bits per heavy atom. The molecule has 4 nitrogen and oxygen atoms in total. The fourth-order valence-corrected chi connectivity index (χ4v) is 3.63. The molecule has 2 aromatic rings. The zero-order valence-electron chi connectivity index (χ0n) is 17.0. The van der Waals surface area contributed by atoms with Gasteiger partial charge in [-0.3, -0.25) is 4.79 Å². The number of nitrogens with zero attached hydrogens (tertiary/aromatic N) is 1. The van der Waals surface area contributed by atoms with Crippen LogP contribution in [0.5, 0.6) is 0 Å². The van der Waals surface area contributed by atoms with Gasteiger partial charge in [-0.1, -0.05) is 68.5 Å². The molecule has 1 aliphatic carbocycles. The molecule has 0 atom stereocenters. The number of fused-ring (bicyclic) bond motifs is 3. The quantitative estimate of drug-likeness (QED) is 0.414. The third-order valence-corrected chi connectivity index (χ3v) is 5.26. The highest BCUT2D eigenvalue weighted by Crippen LogP contribution is 2.33. The lowest BCUT2D eigenvalue weighted by Gasteiger charge is -2.08. The van der Waals surface area contributed by atoms with Gasteiger partial charge in [-0.15, -0.1) is 0 Å². The number of carbonyl (C=O) groups excluding carboxylic acids is 1. The van der Waals surface area contributed by atoms with Crippen LogP contribution in [0.15, 0.2) is 66.7 Å². The highest BCUT2D eigenvalue weighted by atomic mass is 32.1. The smallest absolute Gasteiger partial charge is 0.255 e. The molecule has 0 aromatic heterocycles. The van der Waals surface area contributed by atoms with Crippen molar-refractivity contribution in [3.8, 4) is 11.3 Å². The molecular weight excluding hydrogens is 390 g/mol. The summed E-state index contributed by atoms with van der Waals surface area (Å²) < 4.78 is 0. The fraction of sp³-hybridized carbons (Fsp3) is 0.160. The first-order valence-electron chi connectivity index (χ1n) is 9.96. The van der Waals surface area contributed by atoms with Crippen LogP contribution in [0, 0.1) is 0 Å². The van der Waals surface area contributed by atoms with Crippen LogP contribution in [0.25, 0.3) is 22.2 Å². The van der Waals surface area contributed by atoms with Gasteiger partial charge in [0.1, 0.15) is 0 Å². The highest BCUT2D eigenvalue weighted by Gasteiger charge is 2.15. The number of thiocarbonyl (C=S) groups is 1. The van der Waals surface area contributed by atoms with Gasteiger partial charge in [0.05, 0.1) is 11.2 Å². The summed E-state index contributed by atoms with van der Waals surface area (Å²) >= 11 is 4.97. The maximum Gasteiger partial charge on any atom is 0.255 e. The van der Waals surface area contributed by atoms with Crippen molar-refractivity contribution in [1.82, 2.24) is 10.3 Å². The number of hydrogen-bond acceptors (Lipinski definition) is 4. The van der Waals surface area contributed by atoms with Gasteiger partial charge in [-0.25, -0.2) is 4.98 Å². The van der Waals surface area contributed by atoms with Crippen molar-refractivity contribution < 1.29 is 4.79 Å². The van der Waals surface area contributed by atoms with E-state index >= 15 is 0 Å². The second-order valence-corrected chi connectivity index (χ2v) is 7.82. The van der Waals surface area contributed by atoms with Crippen molar-refractivity contribution in [3.63, 3.8) is 0 Å². The molecule has 0 saturated heterocycles. The first-order valence-corrected chi connectivity index (χ1v) is 10.4. The summed E-state index contributed by atoms with van der Waals surface area (Å²) in [7, 11) is 0. The monoisotopic (exact) mass is 413 g/mol. The Kier molecular flexibility index (Phi) is 5.84. The SMILES string of the molecule is CC(C)NCc1cccc2c3cccc(NC(=O)c4cccc(C=S)c4)cc-3nc12. The van der Waals surface area contributed by atoms with Gasteiger partial charge >= 0.3 is 0 Å². The molecule has 0 unspecified atom stereocenters. The van der Waals surface area contributed by atoms with Crippen LogP contribution >= 0.6 is 12.2 Å². The third-order valence-electron chi connectivity index (χ3n) is 4.99. The summed E-state index contributed by atoms with van der Waals surface area (Å²) in [6, 6.07) is 21.8. The van der Waals surface area contributed by atoms with Crippen LogP contribution in [-0.2, 0) is 6.54 Å². The van der Waals surface area contributed by atoms with E-state index in [2.05, 4.69) is 42.7 Å². The zero-order chi connectivity index (χ0) is 21.1. The van der Waals surface area contributed by atoms with Crippen LogP contribution in [0.1, 0.15) is 35.3 Å². The van der Waals surface area contributed by atoms with Crippen molar-refractivity contribution in [2.24, 2.45) is 0 Å². The largest absolute Gasteiger partial charge is 0.322 e. The van der Waals surface area contributed by atoms with E-state index < -0.39 is 0 Å². The number of amides is 1. The molecule has 0 radical (unpaired) electrons. The first-order chi connectivity index (χ1) is 14.5. The van der Waals surface area contributed by atoms with Gasteiger partial charge in [-0.2, -0.15) is 0 Å². The molecule has 150 valence electrons. The summed E-state index contributed by atoms with van der Waals surface area (Å²) in [6.07, 6.45) is 0. The van der Waals surface area contributed by atoms with Crippen LogP contribution < -0.4 is 10.6 Å². The molecule has 4 rings (SSSR count). The summed E-state index contributed by atoms with van der Waals surface area (Å²) in [5.74, 6) is -0.175. The highest BCUT2D eigenvalue weighted by molar-refractivity contribution is 7.79. The van der Waals surface area contributed by atoms with E-state index in [0.717, 1.165) is 34.3 Å². The fourth-order valence-electron chi connectivity index (χ4n) is 3.48. The normalized spacial score (nSPS) is 11.2. The third kappa shape index (κ3) is 4.22. The minimum atomic E-state index is -0.175. The molecule has 2 N–H and O–H groups in total. The second kappa shape index (κ2) is 8.69. The lowest BCUT2D eigenvalue weighted by molar-refractivity contribution is 0.102. The first kappa shape index (κ1) is 20.1. The molecule has 5 heteroatoms. The molecule has 0 bridgehead atoms. The van der Waals surface area contributed by atoms with Crippen LogP contribution in [-0.4, -0.2) is 22.3 Å².